The van der Waals surface area contributed by atoms with Crippen LogP contribution in [-0.2, 0) is 0 Å². The molecule has 0 aromatic rings. The second-order valence-electron chi connectivity index (χ2n) is 0.0630. The molecule has 0 rings (SSSR count). The SMILES string of the molecule is O.[Na+].[O-][Br+][O-]. The van der Waals surface area contributed by atoms with Crippen molar-refractivity contribution in [3.05, 3.63) is 0 Å². The first-order valence-electron chi connectivity index (χ1n) is 0.309. The van der Waals surface area contributed by atoms with Gasteiger partial charge in [0, 0.05) is 0 Å². The van der Waals surface area contributed by atoms with Crippen LogP contribution in [0.15, 0.2) is 0 Å². The van der Waals surface area contributed by atoms with Crippen molar-refractivity contribution >= 4 is 0 Å². The van der Waals surface area contributed by atoms with E-state index in [0.717, 1.165) is 0 Å². The summed E-state index contributed by atoms with van der Waals surface area (Å²) in [6.45, 7) is 0. The third-order valence-corrected chi connectivity index (χ3v) is 0. The molecule has 0 atom stereocenters. The van der Waals surface area contributed by atoms with Crippen LogP contribution in [0.4, 0.5) is 0 Å². The van der Waals surface area contributed by atoms with E-state index in [1.54, 1.807) is 0 Å². The largest absolute Gasteiger partial charge is 1.00 e. The van der Waals surface area contributed by atoms with E-state index in [2.05, 4.69) is 0 Å². The summed E-state index contributed by atoms with van der Waals surface area (Å²) in [6, 6.07) is 0. The molecule has 0 aliphatic carbocycles. The maximum Gasteiger partial charge on any atom is 1.00 e. The summed E-state index contributed by atoms with van der Waals surface area (Å²) >= 11 is -1.44. The van der Waals surface area contributed by atoms with E-state index in [4.69, 9.17) is 8.40 Å². The van der Waals surface area contributed by atoms with Crippen LogP contribution in [0.2, 0.25) is 0 Å². The molecule has 0 saturated heterocycles. The molecule has 0 aromatic carbocycles. The average Bonchev–Trinajstić information content (AvgIpc) is 0.918. The Balaban J connectivity index is -0.0000000200. The molecule has 0 unspecified atom stereocenters. The predicted octanol–water partition coefficient (Wildman–Crippen LogP) is -6.20. The smallest absolute Gasteiger partial charge is 0.585 e. The third kappa shape index (κ3) is 32.7. The minimum absolute atomic E-state index is 0. The first-order valence-corrected chi connectivity index (χ1v) is 1.60. The molecule has 0 spiro atoms. The number of hydrogen-bond donors (Lipinski definition) is 0. The Labute approximate surface area is 58.7 Å². The van der Waals surface area contributed by atoms with Crippen LogP contribution in [0.1, 0.15) is 0 Å². The van der Waals surface area contributed by atoms with Crippen molar-refractivity contribution in [2.24, 2.45) is 0 Å². The summed E-state index contributed by atoms with van der Waals surface area (Å²) in [4.78, 5) is 0. The summed E-state index contributed by atoms with van der Waals surface area (Å²) in [5.41, 5.74) is 0. The van der Waals surface area contributed by atoms with E-state index >= 15 is 0 Å². The molecular formula is H2BrNaO3. The fraction of sp³-hybridized carbons (Fsp3) is 0. The second kappa shape index (κ2) is 18.3. The van der Waals surface area contributed by atoms with Gasteiger partial charge < -0.3 is 13.9 Å². The molecule has 0 radical (unpaired) electrons. The topological polar surface area (TPSA) is 77.6 Å². The fourth-order valence-corrected chi connectivity index (χ4v) is 0. The van der Waals surface area contributed by atoms with Crippen molar-refractivity contribution in [1.29, 1.82) is 0 Å². The van der Waals surface area contributed by atoms with Gasteiger partial charge in [0.05, 0.1) is 0 Å². The molecule has 28 valence electrons. The summed E-state index contributed by atoms with van der Waals surface area (Å²) in [5.74, 6) is 0. The Morgan fingerprint density at radius 3 is 1.20 bits per heavy atom. The van der Waals surface area contributed by atoms with Crippen LogP contribution < -0.4 is 38.0 Å². The summed E-state index contributed by atoms with van der Waals surface area (Å²) in [5, 5.41) is 0. The van der Waals surface area contributed by atoms with Gasteiger partial charge in [-0.25, -0.2) is 0 Å². The van der Waals surface area contributed by atoms with Crippen molar-refractivity contribution in [1.82, 2.24) is 0 Å². The maximum absolute atomic E-state index is 8.41. The van der Waals surface area contributed by atoms with Crippen molar-refractivity contribution in [2.45, 2.75) is 0 Å². The van der Waals surface area contributed by atoms with Crippen LogP contribution in [0, 0.1) is 15.5 Å². The minimum atomic E-state index is -1.44. The molecule has 0 amide bonds. The first-order chi connectivity index (χ1) is 1.41. The second-order valence-corrected chi connectivity index (χ2v) is 0.327. The van der Waals surface area contributed by atoms with Gasteiger partial charge in [0.2, 0.25) is 0 Å². The predicted molar refractivity (Wildman–Crippen MR) is 3.61 cm³/mol. The molecule has 0 saturated carbocycles. The van der Waals surface area contributed by atoms with Gasteiger partial charge in [-0.1, -0.05) is 0 Å². The number of hydrogen-bond acceptors (Lipinski definition) is 2. The molecule has 0 aliphatic rings. The molecule has 0 aliphatic heterocycles. The Bertz CT molecular complexity index is 6.85. The molecule has 2 N–H and O–H groups in total. The van der Waals surface area contributed by atoms with E-state index in [-0.39, 0.29) is 35.0 Å². The van der Waals surface area contributed by atoms with E-state index in [1.807, 2.05) is 0 Å². The Hall–Kier alpha value is 1.36. The Kier molecular flexibility index (Phi) is 59.2. The van der Waals surface area contributed by atoms with Gasteiger partial charge in [0.25, 0.3) is 0 Å². The Morgan fingerprint density at radius 1 is 1.20 bits per heavy atom. The molecule has 3 nitrogen and oxygen atoms in total. The monoisotopic (exact) mass is 152 g/mol. The average molecular weight is 153 g/mol. The molecule has 0 bridgehead atoms. The van der Waals surface area contributed by atoms with E-state index in [9.17, 15) is 0 Å². The van der Waals surface area contributed by atoms with Crippen molar-refractivity contribution in [2.75, 3.05) is 0 Å². The summed E-state index contributed by atoms with van der Waals surface area (Å²) < 4.78 is 16.8. The zero-order chi connectivity index (χ0) is 2.71. The van der Waals surface area contributed by atoms with Gasteiger partial charge in [0.15, 0.2) is 15.5 Å². The van der Waals surface area contributed by atoms with E-state index in [0.29, 0.717) is 0 Å². The molecule has 5 heteroatoms. The number of rotatable bonds is 0. The Morgan fingerprint density at radius 2 is 1.20 bits per heavy atom. The van der Waals surface area contributed by atoms with Gasteiger partial charge in [-0.15, -0.1) is 0 Å². The van der Waals surface area contributed by atoms with E-state index in [1.165, 1.54) is 0 Å². The molecular weight excluding hydrogens is 151 g/mol. The molecule has 0 fully saturated rings. The fourth-order valence-electron chi connectivity index (χ4n) is 0. The zero-order valence-corrected chi connectivity index (χ0v) is 6.28. The summed E-state index contributed by atoms with van der Waals surface area (Å²) in [7, 11) is 0. The normalized spacial score (nSPS) is 3.60. The van der Waals surface area contributed by atoms with Crippen molar-refractivity contribution in [3.63, 3.8) is 0 Å². The van der Waals surface area contributed by atoms with Gasteiger partial charge >= 0.3 is 29.6 Å². The minimum Gasteiger partial charge on any atom is -0.585 e. The maximum atomic E-state index is 8.41. The summed E-state index contributed by atoms with van der Waals surface area (Å²) in [6.07, 6.45) is 0. The van der Waals surface area contributed by atoms with Crippen LogP contribution >= 0.6 is 0 Å². The van der Waals surface area contributed by atoms with Gasteiger partial charge in [0.1, 0.15) is 0 Å². The zero-order valence-electron chi connectivity index (χ0n) is 2.69. The molecule has 0 aromatic heterocycles. The van der Waals surface area contributed by atoms with Crippen LogP contribution in [0.3, 0.4) is 0 Å². The van der Waals surface area contributed by atoms with Gasteiger partial charge in [-0.3, -0.25) is 0 Å². The standard InChI is InChI=1S/BrO2.Na.H2O/c2-1-3;;/h;;1H2/q-1;+1;. The van der Waals surface area contributed by atoms with Gasteiger partial charge in [-0.2, -0.15) is 0 Å². The first kappa shape index (κ1) is 16.2. The number of halogens is 1. The van der Waals surface area contributed by atoms with Gasteiger partial charge in [-0.05, 0) is 0 Å². The van der Waals surface area contributed by atoms with Crippen molar-refractivity contribution in [3.8, 4) is 0 Å². The van der Waals surface area contributed by atoms with Crippen molar-refractivity contribution < 1.29 is 59.0 Å². The van der Waals surface area contributed by atoms with Crippen LogP contribution in [0.25, 0.3) is 0 Å². The van der Waals surface area contributed by atoms with Crippen LogP contribution in [0.5, 0.6) is 0 Å². The quantitative estimate of drug-likeness (QED) is 0.324. The molecule has 0 heterocycles. The third-order valence-electron chi connectivity index (χ3n) is 0. The van der Waals surface area contributed by atoms with E-state index < -0.39 is 15.5 Å². The molecule has 5 heavy (non-hydrogen) atoms. The van der Waals surface area contributed by atoms with Crippen LogP contribution in [-0.4, -0.2) is 5.48 Å².